The number of halogens is 1. The summed E-state index contributed by atoms with van der Waals surface area (Å²) in [4.78, 5) is 22.3. The predicted molar refractivity (Wildman–Crippen MR) is 86.9 cm³/mol. The van der Waals surface area contributed by atoms with Gasteiger partial charge < -0.3 is 5.32 Å². The number of rotatable bonds is 4. The second-order valence-corrected chi connectivity index (χ2v) is 5.09. The predicted octanol–water partition coefficient (Wildman–Crippen LogP) is 4.21. The minimum atomic E-state index is -0.522. The highest BCUT2D eigenvalue weighted by molar-refractivity contribution is 6.30. The fourth-order valence-corrected chi connectivity index (χ4v) is 1.94. The van der Waals surface area contributed by atoms with Gasteiger partial charge in [0, 0.05) is 17.2 Å². The number of nitrogens with one attached hydrogen (secondary N) is 1. The Hall–Kier alpha value is -2.66. The van der Waals surface area contributed by atoms with Gasteiger partial charge in [0.25, 0.3) is 5.69 Å². The highest BCUT2D eigenvalue weighted by atomic mass is 35.5. The van der Waals surface area contributed by atoms with Gasteiger partial charge in [-0.3, -0.25) is 14.9 Å². The van der Waals surface area contributed by atoms with E-state index in [2.05, 4.69) is 5.32 Å². The summed E-state index contributed by atoms with van der Waals surface area (Å²) in [5, 5.41) is 14.1. The third-order valence-electron chi connectivity index (χ3n) is 2.90. The fourth-order valence-electron chi connectivity index (χ4n) is 1.82. The van der Waals surface area contributed by atoms with Gasteiger partial charge in [0.1, 0.15) is 5.69 Å². The standard InChI is InChI=1S/C16H13ClN2O3/c1-11-2-8-14(15(10-11)19(21)22)18-16(20)9-5-12-3-6-13(17)7-4-12/h2-10H,1H3,(H,18,20). The van der Waals surface area contributed by atoms with E-state index < -0.39 is 10.8 Å². The largest absolute Gasteiger partial charge is 0.317 e. The molecule has 2 aromatic carbocycles. The van der Waals surface area contributed by atoms with Gasteiger partial charge in [0.2, 0.25) is 5.91 Å². The van der Waals surface area contributed by atoms with Gasteiger partial charge in [-0.15, -0.1) is 0 Å². The molecule has 2 aromatic rings. The van der Waals surface area contributed by atoms with Crippen molar-refractivity contribution in [3.8, 4) is 0 Å². The topological polar surface area (TPSA) is 72.2 Å². The van der Waals surface area contributed by atoms with Crippen molar-refractivity contribution in [3.63, 3.8) is 0 Å². The molecule has 0 heterocycles. The average Bonchev–Trinajstić information content (AvgIpc) is 2.48. The van der Waals surface area contributed by atoms with Crippen LogP contribution in [0.1, 0.15) is 11.1 Å². The van der Waals surface area contributed by atoms with Crippen LogP contribution in [0, 0.1) is 17.0 Å². The summed E-state index contributed by atoms with van der Waals surface area (Å²) in [5.41, 5.74) is 1.59. The number of benzene rings is 2. The number of carbonyl (C=O) groups excluding carboxylic acids is 1. The quantitative estimate of drug-likeness (QED) is 0.521. The third kappa shape index (κ3) is 4.17. The lowest BCUT2D eigenvalue weighted by molar-refractivity contribution is -0.384. The molecule has 1 N–H and O–H groups in total. The van der Waals surface area contributed by atoms with Gasteiger partial charge in [-0.1, -0.05) is 29.8 Å². The molecule has 0 saturated carbocycles. The highest BCUT2D eigenvalue weighted by Gasteiger charge is 2.14. The normalized spacial score (nSPS) is 10.6. The van der Waals surface area contributed by atoms with Crippen LogP contribution >= 0.6 is 11.6 Å². The van der Waals surface area contributed by atoms with E-state index in [1.165, 1.54) is 18.2 Å². The summed E-state index contributed by atoms with van der Waals surface area (Å²) in [7, 11) is 0. The molecule has 0 spiro atoms. The summed E-state index contributed by atoms with van der Waals surface area (Å²) < 4.78 is 0. The van der Waals surface area contributed by atoms with E-state index in [1.807, 2.05) is 0 Å². The van der Waals surface area contributed by atoms with E-state index in [0.29, 0.717) is 5.02 Å². The van der Waals surface area contributed by atoms with E-state index in [1.54, 1.807) is 43.3 Å². The molecule has 0 saturated heterocycles. The van der Waals surface area contributed by atoms with Gasteiger partial charge >= 0.3 is 0 Å². The molecule has 22 heavy (non-hydrogen) atoms. The SMILES string of the molecule is Cc1ccc(NC(=O)C=Cc2ccc(Cl)cc2)c([N+](=O)[O-])c1. The Kier molecular flexibility index (Phi) is 4.91. The molecule has 0 atom stereocenters. The lowest BCUT2D eigenvalue weighted by Gasteiger charge is -2.04. The molecular formula is C16H13ClN2O3. The fraction of sp³-hybridized carbons (Fsp3) is 0.0625. The summed E-state index contributed by atoms with van der Waals surface area (Å²) in [6.45, 7) is 1.75. The van der Waals surface area contributed by atoms with Crippen molar-refractivity contribution in [1.82, 2.24) is 0 Å². The van der Waals surface area contributed by atoms with Crippen molar-refractivity contribution in [2.24, 2.45) is 0 Å². The van der Waals surface area contributed by atoms with E-state index >= 15 is 0 Å². The van der Waals surface area contributed by atoms with Crippen LogP contribution in [-0.2, 0) is 4.79 Å². The van der Waals surface area contributed by atoms with Crippen molar-refractivity contribution < 1.29 is 9.72 Å². The first-order chi connectivity index (χ1) is 10.5. The highest BCUT2D eigenvalue weighted by Crippen LogP contribution is 2.25. The minimum Gasteiger partial charge on any atom is -0.317 e. The molecule has 6 heteroatoms. The molecule has 0 fully saturated rings. The maximum absolute atomic E-state index is 11.9. The maximum Gasteiger partial charge on any atom is 0.293 e. The van der Waals surface area contributed by atoms with Crippen molar-refractivity contribution in [2.75, 3.05) is 5.32 Å². The van der Waals surface area contributed by atoms with Crippen LogP contribution in [0.2, 0.25) is 5.02 Å². The first-order valence-electron chi connectivity index (χ1n) is 6.45. The summed E-state index contributed by atoms with van der Waals surface area (Å²) in [5.74, 6) is -0.443. The van der Waals surface area contributed by atoms with Crippen LogP contribution in [0.4, 0.5) is 11.4 Å². The van der Waals surface area contributed by atoms with E-state index in [9.17, 15) is 14.9 Å². The van der Waals surface area contributed by atoms with Crippen LogP contribution in [0.15, 0.2) is 48.5 Å². The van der Waals surface area contributed by atoms with Gasteiger partial charge in [-0.2, -0.15) is 0 Å². The van der Waals surface area contributed by atoms with E-state index in [0.717, 1.165) is 11.1 Å². The zero-order chi connectivity index (χ0) is 16.1. The Balaban J connectivity index is 2.12. The number of aryl methyl sites for hydroxylation is 1. The number of amides is 1. The van der Waals surface area contributed by atoms with E-state index in [-0.39, 0.29) is 11.4 Å². The Labute approximate surface area is 132 Å². The van der Waals surface area contributed by atoms with Crippen molar-refractivity contribution in [3.05, 3.63) is 74.8 Å². The van der Waals surface area contributed by atoms with E-state index in [4.69, 9.17) is 11.6 Å². The molecule has 0 bridgehead atoms. The summed E-state index contributed by atoms with van der Waals surface area (Å²) >= 11 is 5.77. The monoisotopic (exact) mass is 316 g/mol. The number of nitro groups is 1. The van der Waals surface area contributed by atoms with Crippen LogP contribution in [0.25, 0.3) is 6.08 Å². The number of hydrogen-bond acceptors (Lipinski definition) is 3. The molecule has 5 nitrogen and oxygen atoms in total. The third-order valence-corrected chi connectivity index (χ3v) is 3.16. The van der Waals surface area contributed by atoms with Gasteiger partial charge in [-0.05, 0) is 42.3 Å². The molecule has 0 aliphatic heterocycles. The molecule has 112 valence electrons. The Morgan fingerprint density at radius 2 is 1.91 bits per heavy atom. The number of nitrogens with zero attached hydrogens (tertiary/aromatic N) is 1. The van der Waals surface area contributed by atoms with Crippen LogP contribution in [-0.4, -0.2) is 10.8 Å². The first-order valence-corrected chi connectivity index (χ1v) is 6.83. The molecule has 0 aromatic heterocycles. The number of hydrogen-bond donors (Lipinski definition) is 1. The molecule has 0 radical (unpaired) electrons. The zero-order valence-electron chi connectivity index (χ0n) is 11.7. The average molecular weight is 317 g/mol. The molecule has 0 aliphatic carbocycles. The lowest BCUT2D eigenvalue weighted by atomic mass is 10.2. The molecule has 2 rings (SSSR count). The second kappa shape index (κ2) is 6.87. The summed E-state index contributed by atoms with van der Waals surface area (Å²) in [6.07, 6.45) is 2.92. The Bertz CT molecular complexity index is 740. The second-order valence-electron chi connectivity index (χ2n) is 4.65. The number of carbonyl (C=O) groups is 1. The maximum atomic E-state index is 11.9. The Morgan fingerprint density at radius 3 is 2.55 bits per heavy atom. The molecule has 1 amide bonds. The minimum absolute atomic E-state index is 0.131. The van der Waals surface area contributed by atoms with Crippen LogP contribution in [0.5, 0.6) is 0 Å². The van der Waals surface area contributed by atoms with Crippen molar-refractivity contribution >= 4 is 35.0 Å². The summed E-state index contributed by atoms with van der Waals surface area (Å²) in [6, 6.07) is 11.6. The Morgan fingerprint density at radius 1 is 1.23 bits per heavy atom. The molecule has 0 aliphatic rings. The smallest absolute Gasteiger partial charge is 0.293 e. The lowest BCUT2D eigenvalue weighted by Crippen LogP contribution is -2.09. The molecule has 0 unspecified atom stereocenters. The van der Waals surface area contributed by atoms with Crippen LogP contribution in [0.3, 0.4) is 0 Å². The van der Waals surface area contributed by atoms with Gasteiger partial charge in [0.05, 0.1) is 4.92 Å². The number of anilines is 1. The van der Waals surface area contributed by atoms with Crippen molar-refractivity contribution in [2.45, 2.75) is 6.92 Å². The first kappa shape index (κ1) is 15.7. The van der Waals surface area contributed by atoms with Crippen molar-refractivity contribution in [1.29, 1.82) is 0 Å². The van der Waals surface area contributed by atoms with Gasteiger partial charge in [-0.25, -0.2) is 0 Å². The zero-order valence-corrected chi connectivity index (χ0v) is 12.5. The number of nitro benzene ring substituents is 1. The van der Waals surface area contributed by atoms with Crippen LogP contribution < -0.4 is 5.32 Å². The van der Waals surface area contributed by atoms with Gasteiger partial charge in [0.15, 0.2) is 0 Å². The molecular weight excluding hydrogens is 304 g/mol.